The second-order valence-corrected chi connectivity index (χ2v) is 6.32. The predicted molar refractivity (Wildman–Crippen MR) is 81.6 cm³/mol. The van der Waals surface area contributed by atoms with E-state index in [9.17, 15) is 0 Å². The largest absolute Gasteiger partial charge is 0.368 e. The lowest BCUT2D eigenvalue weighted by molar-refractivity contribution is 0.400. The molecule has 0 saturated heterocycles. The molecule has 0 aromatic heterocycles. The summed E-state index contributed by atoms with van der Waals surface area (Å²) in [5.74, 6) is 1.21. The van der Waals surface area contributed by atoms with Crippen LogP contribution in [0.25, 0.3) is 0 Å². The number of benzene rings is 1. The minimum absolute atomic E-state index is 0.578. The predicted octanol–water partition coefficient (Wildman–Crippen LogP) is 3.52. The molecule has 0 amide bonds. The lowest BCUT2D eigenvalue weighted by atomic mass is 9.89. The van der Waals surface area contributed by atoms with Crippen LogP contribution in [0.15, 0.2) is 24.3 Å². The van der Waals surface area contributed by atoms with Crippen molar-refractivity contribution in [2.45, 2.75) is 51.0 Å². The first kappa shape index (κ1) is 13.0. The van der Waals surface area contributed by atoms with E-state index in [1.165, 1.54) is 49.9 Å². The average molecular weight is 258 g/mol. The number of anilines is 1. The molecule has 19 heavy (non-hydrogen) atoms. The van der Waals surface area contributed by atoms with Crippen LogP contribution in [0.3, 0.4) is 0 Å². The van der Waals surface area contributed by atoms with Gasteiger partial charge in [-0.2, -0.15) is 0 Å². The van der Waals surface area contributed by atoms with Crippen molar-refractivity contribution < 1.29 is 0 Å². The summed E-state index contributed by atoms with van der Waals surface area (Å²) in [4.78, 5) is 2.69. The van der Waals surface area contributed by atoms with E-state index in [0.29, 0.717) is 11.8 Å². The molecule has 104 valence electrons. The Bertz CT molecular complexity index is 423. The van der Waals surface area contributed by atoms with Gasteiger partial charge in [-0.25, -0.2) is 0 Å². The molecule has 3 rings (SSSR count). The summed E-state index contributed by atoms with van der Waals surface area (Å²) in [6, 6.07) is 9.76. The van der Waals surface area contributed by atoms with E-state index in [0.717, 1.165) is 12.6 Å². The van der Waals surface area contributed by atoms with Gasteiger partial charge in [0.2, 0.25) is 0 Å². The first-order chi connectivity index (χ1) is 9.31. The Kier molecular flexibility index (Phi) is 3.79. The molecule has 1 aliphatic carbocycles. The van der Waals surface area contributed by atoms with Gasteiger partial charge in [-0.15, -0.1) is 0 Å². The zero-order chi connectivity index (χ0) is 13.2. The molecule has 1 aromatic carbocycles. The zero-order valence-corrected chi connectivity index (χ0v) is 12.0. The van der Waals surface area contributed by atoms with Gasteiger partial charge in [-0.05, 0) is 36.9 Å². The van der Waals surface area contributed by atoms with Gasteiger partial charge in [0.25, 0.3) is 0 Å². The molecule has 2 atom stereocenters. The fourth-order valence-corrected chi connectivity index (χ4v) is 3.86. The van der Waals surface area contributed by atoms with Crippen molar-refractivity contribution in [1.29, 1.82) is 0 Å². The number of nitrogens with zero attached hydrogens (tertiary/aromatic N) is 1. The fraction of sp³-hybridized carbons (Fsp3) is 0.647. The molecule has 2 N–H and O–H groups in total. The van der Waals surface area contributed by atoms with Gasteiger partial charge in [0.1, 0.15) is 0 Å². The van der Waals surface area contributed by atoms with E-state index in [-0.39, 0.29) is 0 Å². The third kappa shape index (κ3) is 2.38. The van der Waals surface area contributed by atoms with Crippen molar-refractivity contribution in [3.63, 3.8) is 0 Å². The zero-order valence-electron chi connectivity index (χ0n) is 12.0. The van der Waals surface area contributed by atoms with Crippen molar-refractivity contribution in [2.24, 2.45) is 11.7 Å². The lowest BCUT2D eigenvalue weighted by Gasteiger charge is -2.34. The summed E-state index contributed by atoms with van der Waals surface area (Å²) in [5.41, 5.74) is 8.93. The number of hydrogen-bond acceptors (Lipinski definition) is 2. The molecular weight excluding hydrogens is 232 g/mol. The van der Waals surface area contributed by atoms with E-state index in [1.807, 2.05) is 0 Å². The highest BCUT2D eigenvalue weighted by Crippen LogP contribution is 2.42. The Morgan fingerprint density at radius 1 is 1.21 bits per heavy atom. The third-order valence-electron chi connectivity index (χ3n) is 5.11. The topological polar surface area (TPSA) is 29.3 Å². The van der Waals surface area contributed by atoms with Crippen LogP contribution in [0.4, 0.5) is 5.69 Å². The molecule has 2 aliphatic rings. The average Bonchev–Trinajstić information content (AvgIpc) is 2.87. The molecule has 0 bridgehead atoms. The molecule has 2 unspecified atom stereocenters. The first-order valence-electron chi connectivity index (χ1n) is 7.87. The molecule has 0 radical (unpaired) electrons. The van der Waals surface area contributed by atoms with Crippen LogP contribution in [0.5, 0.6) is 0 Å². The summed E-state index contributed by atoms with van der Waals surface area (Å²) < 4.78 is 0. The molecule has 2 nitrogen and oxygen atoms in total. The SMILES string of the molecule is CC(CN)C1CN(C2CCCCC2)c2ccccc21. The molecule has 1 aliphatic heterocycles. The van der Waals surface area contributed by atoms with Gasteiger partial charge >= 0.3 is 0 Å². The molecular formula is C17H26N2. The first-order valence-corrected chi connectivity index (χ1v) is 7.87. The number of para-hydroxylation sites is 1. The number of fused-ring (bicyclic) bond motifs is 1. The van der Waals surface area contributed by atoms with Gasteiger partial charge < -0.3 is 10.6 Å². The smallest absolute Gasteiger partial charge is 0.0405 e. The normalized spacial score (nSPS) is 25.4. The highest BCUT2D eigenvalue weighted by Gasteiger charge is 2.35. The van der Waals surface area contributed by atoms with E-state index in [1.54, 1.807) is 0 Å². The highest BCUT2D eigenvalue weighted by molar-refractivity contribution is 5.61. The number of hydrogen-bond donors (Lipinski definition) is 1. The van der Waals surface area contributed by atoms with Gasteiger partial charge in [0, 0.05) is 24.2 Å². The van der Waals surface area contributed by atoms with E-state index >= 15 is 0 Å². The Hall–Kier alpha value is -1.02. The van der Waals surface area contributed by atoms with Crippen LogP contribution in [0, 0.1) is 5.92 Å². The maximum absolute atomic E-state index is 5.91. The van der Waals surface area contributed by atoms with Crippen LogP contribution in [0.1, 0.15) is 50.5 Å². The Morgan fingerprint density at radius 3 is 2.68 bits per heavy atom. The summed E-state index contributed by atoms with van der Waals surface area (Å²) in [5, 5.41) is 0. The van der Waals surface area contributed by atoms with Gasteiger partial charge in [-0.1, -0.05) is 44.4 Å². The highest BCUT2D eigenvalue weighted by atomic mass is 15.2. The van der Waals surface area contributed by atoms with Crippen LogP contribution >= 0.6 is 0 Å². The molecule has 1 fully saturated rings. The van der Waals surface area contributed by atoms with Crippen molar-refractivity contribution >= 4 is 5.69 Å². The summed E-state index contributed by atoms with van der Waals surface area (Å²) in [6.07, 6.45) is 6.98. The molecule has 2 heteroatoms. The summed E-state index contributed by atoms with van der Waals surface area (Å²) >= 11 is 0. The second kappa shape index (κ2) is 5.54. The number of rotatable bonds is 3. The van der Waals surface area contributed by atoms with Crippen LogP contribution in [-0.2, 0) is 0 Å². The van der Waals surface area contributed by atoms with Crippen molar-refractivity contribution in [1.82, 2.24) is 0 Å². The standard InChI is InChI=1S/C17H26N2/c1-13(11-18)16-12-19(14-7-3-2-4-8-14)17-10-6-5-9-15(16)17/h5-6,9-10,13-14,16H,2-4,7-8,11-12,18H2,1H3. The maximum atomic E-state index is 5.91. The molecule has 1 heterocycles. The number of nitrogens with two attached hydrogens (primary N) is 1. The van der Waals surface area contributed by atoms with Crippen LogP contribution in [0.2, 0.25) is 0 Å². The van der Waals surface area contributed by atoms with Gasteiger partial charge in [0.05, 0.1) is 0 Å². The summed E-state index contributed by atoms with van der Waals surface area (Å²) in [7, 11) is 0. The Balaban J connectivity index is 1.87. The van der Waals surface area contributed by atoms with E-state index in [4.69, 9.17) is 5.73 Å². The third-order valence-corrected chi connectivity index (χ3v) is 5.11. The van der Waals surface area contributed by atoms with Crippen LogP contribution in [-0.4, -0.2) is 19.1 Å². The van der Waals surface area contributed by atoms with Crippen LogP contribution < -0.4 is 10.6 Å². The van der Waals surface area contributed by atoms with Gasteiger partial charge in [-0.3, -0.25) is 0 Å². The quantitative estimate of drug-likeness (QED) is 0.899. The minimum Gasteiger partial charge on any atom is -0.368 e. The van der Waals surface area contributed by atoms with E-state index in [2.05, 4.69) is 36.1 Å². The molecule has 1 saturated carbocycles. The Morgan fingerprint density at radius 2 is 1.95 bits per heavy atom. The van der Waals surface area contributed by atoms with E-state index < -0.39 is 0 Å². The fourth-order valence-electron chi connectivity index (χ4n) is 3.86. The Labute approximate surface area is 117 Å². The second-order valence-electron chi connectivity index (χ2n) is 6.32. The van der Waals surface area contributed by atoms with Crippen molar-refractivity contribution in [2.75, 3.05) is 18.0 Å². The summed E-state index contributed by atoms with van der Waals surface area (Å²) in [6.45, 7) is 4.27. The van der Waals surface area contributed by atoms with Crippen molar-refractivity contribution in [3.8, 4) is 0 Å². The van der Waals surface area contributed by atoms with Gasteiger partial charge in [0.15, 0.2) is 0 Å². The molecule has 0 spiro atoms. The lowest BCUT2D eigenvalue weighted by Crippen LogP contribution is -2.37. The maximum Gasteiger partial charge on any atom is 0.0405 e. The molecule has 1 aromatic rings. The minimum atomic E-state index is 0.578. The monoisotopic (exact) mass is 258 g/mol. The van der Waals surface area contributed by atoms with Crippen molar-refractivity contribution in [3.05, 3.63) is 29.8 Å².